The van der Waals surface area contributed by atoms with Gasteiger partial charge >= 0.3 is 12.4 Å². The lowest BCUT2D eigenvalue weighted by Gasteiger charge is -2.33. The van der Waals surface area contributed by atoms with Crippen molar-refractivity contribution in [2.45, 2.75) is 103 Å². The molecule has 2 nitrogen and oxygen atoms in total. The van der Waals surface area contributed by atoms with Crippen LogP contribution in [0.1, 0.15) is 84.5 Å². The molecule has 0 spiro atoms. The summed E-state index contributed by atoms with van der Waals surface area (Å²) < 4.78 is 84.1. The van der Waals surface area contributed by atoms with Gasteiger partial charge in [0.15, 0.2) is 5.79 Å². The molecule has 0 aliphatic heterocycles. The van der Waals surface area contributed by atoms with E-state index in [4.69, 9.17) is 9.47 Å². The Morgan fingerprint density at radius 3 is 1.57 bits per heavy atom. The van der Waals surface area contributed by atoms with Crippen LogP contribution in [0.25, 0.3) is 0 Å². The highest BCUT2D eigenvalue weighted by Crippen LogP contribution is 2.30. The quantitative estimate of drug-likeness (QED) is 0.110. The fourth-order valence-electron chi connectivity index (χ4n) is 2.75. The molecule has 0 aromatic rings. The third kappa shape index (κ3) is 16.2. The normalized spacial score (nSPS) is 13.6. The van der Waals surface area contributed by atoms with E-state index in [0.29, 0.717) is 6.42 Å². The van der Waals surface area contributed by atoms with Crippen molar-refractivity contribution in [1.82, 2.24) is 0 Å². The van der Waals surface area contributed by atoms with Crippen LogP contribution >= 0.6 is 0 Å². The number of alkyl halides is 6. The van der Waals surface area contributed by atoms with Gasteiger partial charge in [0.1, 0.15) is 13.2 Å². The van der Waals surface area contributed by atoms with Gasteiger partial charge in [-0.25, -0.2) is 0 Å². The minimum atomic E-state index is -4.63. The third-order valence-electron chi connectivity index (χ3n) is 4.37. The van der Waals surface area contributed by atoms with Crippen molar-refractivity contribution in [2.24, 2.45) is 0 Å². The molecule has 0 heterocycles. The molecule has 0 bridgehead atoms. The van der Waals surface area contributed by atoms with Gasteiger partial charge in [-0.2, -0.15) is 26.3 Å². The Kier molecular flexibility index (Phi) is 13.9. The molecular formula is C20H34F6O2. The minimum absolute atomic E-state index is 0.0663. The molecule has 0 rings (SSSR count). The molecule has 0 fully saturated rings. The van der Waals surface area contributed by atoms with Crippen LogP contribution in [0.5, 0.6) is 0 Å². The van der Waals surface area contributed by atoms with Crippen LogP contribution in [0, 0.1) is 0 Å². The van der Waals surface area contributed by atoms with Crippen molar-refractivity contribution in [3.05, 3.63) is 12.2 Å². The lowest BCUT2D eigenvalue weighted by atomic mass is 10.1. The molecule has 0 aromatic carbocycles. The summed E-state index contributed by atoms with van der Waals surface area (Å²) in [5.74, 6) is -1.89. The van der Waals surface area contributed by atoms with E-state index in [-0.39, 0.29) is 12.8 Å². The van der Waals surface area contributed by atoms with E-state index in [2.05, 4.69) is 6.92 Å². The minimum Gasteiger partial charge on any atom is -0.341 e. The predicted octanol–water partition coefficient (Wildman–Crippen LogP) is 7.73. The van der Waals surface area contributed by atoms with Crippen molar-refractivity contribution < 1.29 is 35.8 Å². The Labute approximate surface area is 164 Å². The van der Waals surface area contributed by atoms with Gasteiger partial charge in [-0.15, -0.1) is 0 Å². The highest BCUT2D eigenvalue weighted by molar-refractivity contribution is 4.84. The van der Waals surface area contributed by atoms with Gasteiger partial charge in [0.05, 0.1) is 0 Å². The maximum Gasteiger partial charge on any atom is 0.411 e. The molecule has 0 aliphatic carbocycles. The van der Waals surface area contributed by atoms with Crippen molar-refractivity contribution in [1.29, 1.82) is 0 Å². The van der Waals surface area contributed by atoms with Crippen LogP contribution in [0.15, 0.2) is 12.2 Å². The Morgan fingerprint density at radius 2 is 1.11 bits per heavy atom. The first-order valence-corrected chi connectivity index (χ1v) is 10.1. The number of unbranched alkanes of at least 4 members (excludes halogenated alkanes) is 7. The zero-order chi connectivity index (χ0) is 21.5. The van der Waals surface area contributed by atoms with Gasteiger partial charge in [0.25, 0.3) is 0 Å². The SMILES string of the molecule is CCCCCCCCCC=CCCC(CC)(OCC(F)(F)F)OCC(F)(F)F. The Balaban J connectivity index is 4.34. The van der Waals surface area contributed by atoms with Gasteiger partial charge in [-0.1, -0.05) is 64.5 Å². The highest BCUT2D eigenvalue weighted by atomic mass is 19.4. The van der Waals surface area contributed by atoms with Crippen molar-refractivity contribution in [3.8, 4) is 0 Å². The summed E-state index contributed by atoms with van der Waals surface area (Å²) in [7, 11) is 0. The monoisotopic (exact) mass is 420 g/mol. The maximum atomic E-state index is 12.4. The van der Waals surface area contributed by atoms with Crippen molar-refractivity contribution >= 4 is 0 Å². The Hall–Kier alpha value is -0.760. The summed E-state index contributed by atoms with van der Waals surface area (Å²) in [4.78, 5) is 0. The van der Waals surface area contributed by atoms with Gasteiger partial charge < -0.3 is 9.47 Å². The molecular weight excluding hydrogens is 386 g/mol. The fraction of sp³-hybridized carbons (Fsp3) is 0.900. The van der Waals surface area contributed by atoms with E-state index < -0.39 is 31.4 Å². The molecule has 0 saturated carbocycles. The molecule has 0 saturated heterocycles. The van der Waals surface area contributed by atoms with Gasteiger partial charge in [-0.3, -0.25) is 0 Å². The lowest BCUT2D eigenvalue weighted by molar-refractivity contribution is -0.313. The predicted molar refractivity (Wildman–Crippen MR) is 98.0 cm³/mol. The van der Waals surface area contributed by atoms with E-state index in [0.717, 1.165) is 19.3 Å². The van der Waals surface area contributed by atoms with Gasteiger partial charge in [-0.05, 0) is 25.7 Å². The molecule has 0 radical (unpaired) electrons. The van der Waals surface area contributed by atoms with Crippen LogP contribution in [-0.2, 0) is 9.47 Å². The largest absolute Gasteiger partial charge is 0.411 e. The number of ether oxygens (including phenoxy) is 2. The average Bonchev–Trinajstić information content (AvgIpc) is 2.60. The molecule has 0 atom stereocenters. The molecule has 8 heteroatoms. The molecule has 0 aromatic heterocycles. The zero-order valence-electron chi connectivity index (χ0n) is 16.9. The summed E-state index contributed by atoms with van der Waals surface area (Å²) in [6.45, 7) is 0.343. The van der Waals surface area contributed by atoms with Crippen LogP contribution in [0.4, 0.5) is 26.3 Å². The smallest absolute Gasteiger partial charge is 0.341 e. The summed E-state index contributed by atoms with van der Waals surface area (Å²) in [6.07, 6.45) is 3.67. The summed E-state index contributed by atoms with van der Waals surface area (Å²) >= 11 is 0. The second kappa shape index (κ2) is 14.3. The maximum absolute atomic E-state index is 12.4. The number of hydrogen-bond donors (Lipinski definition) is 0. The molecule has 0 aliphatic rings. The number of allylic oxidation sites excluding steroid dienone is 2. The zero-order valence-corrected chi connectivity index (χ0v) is 16.9. The molecule has 168 valence electrons. The Morgan fingerprint density at radius 1 is 0.643 bits per heavy atom. The molecule has 28 heavy (non-hydrogen) atoms. The second-order valence-electron chi connectivity index (χ2n) is 6.99. The summed E-state index contributed by atoms with van der Waals surface area (Å²) in [5, 5.41) is 0. The summed E-state index contributed by atoms with van der Waals surface area (Å²) in [6, 6.07) is 0. The van der Waals surface area contributed by atoms with Gasteiger partial charge in [0.2, 0.25) is 0 Å². The molecule has 0 unspecified atom stereocenters. The number of hydrogen-bond acceptors (Lipinski definition) is 2. The summed E-state index contributed by atoms with van der Waals surface area (Å²) in [5.41, 5.74) is 0. The molecule has 0 amide bonds. The second-order valence-corrected chi connectivity index (χ2v) is 6.99. The van der Waals surface area contributed by atoms with E-state index in [9.17, 15) is 26.3 Å². The van der Waals surface area contributed by atoms with Crippen LogP contribution < -0.4 is 0 Å². The Bertz CT molecular complexity index is 386. The average molecular weight is 420 g/mol. The number of rotatable bonds is 16. The number of halogens is 6. The first-order valence-electron chi connectivity index (χ1n) is 10.1. The topological polar surface area (TPSA) is 18.5 Å². The first-order chi connectivity index (χ1) is 13.0. The van der Waals surface area contributed by atoms with E-state index in [1.807, 2.05) is 6.08 Å². The highest BCUT2D eigenvalue weighted by Gasteiger charge is 2.40. The van der Waals surface area contributed by atoms with Gasteiger partial charge in [0, 0.05) is 6.42 Å². The van der Waals surface area contributed by atoms with Crippen LogP contribution in [0.3, 0.4) is 0 Å². The lowest BCUT2D eigenvalue weighted by Crippen LogP contribution is -2.41. The van der Waals surface area contributed by atoms with E-state index >= 15 is 0 Å². The van der Waals surface area contributed by atoms with E-state index in [1.54, 1.807) is 6.08 Å². The van der Waals surface area contributed by atoms with Crippen molar-refractivity contribution in [3.63, 3.8) is 0 Å². The van der Waals surface area contributed by atoms with E-state index in [1.165, 1.54) is 39.0 Å². The van der Waals surface area contributed by atoms with Crippen LogP contribution in [0.2, 0.25) is 0 Å². The standard InChI is InChI=1S/C20H34F6O2/c1-3-5-6-7-8-9-10-11-12-13-14-15-18(4-2,27-16-19(21,22)23)28-17-20(24,25)26/h12-13H,3-11,14-17H2,1-2H3. The fourth-order valence-corrected chi connectivity index (χ4v) is 2.75. The molecule has 0 N–H and O–H groups in total. The third-order valence-corrected chi connectivity index (χ3v) is 4.37. The first kappa shape index (κ1) is 27.2. The van der Waals surface area contributed by atoms with Crippen LogP contribution in [-0.4, -0.2) is 31.4 Å². The van der Waals surface area contributed by atoms with Crippen molar-refractivity contribution in [2.75, 3.05) is 13.2 Å².